The molecule has 27 heavy (non-hydrogen) atoms. The molecule has 1 amide bonds. The minimum Gasteiger partial charge on any atom is -0.354 e. The molecule has 1 unspecified atom stereocenters. The van der Waals surface area contributed by atoms with Crippen molar-refractivity contribution in [2.75, 3.05) is 0 Å². The summed E-state index contributed by atoms with van der Waals surface area (Å²) in [6.07, 6.45) is 3.51. The van der Waals surface area contributed by atoms with E-state index in [1.54, 1.807) is 6.07 Å². The van der Waals surface area contributed by atoms with Crippen molar-refractivity contribution in [3.8, 4) is 0 Å². The standard InChI is InChI=1S/C22H25N3O2/c1-16(14-15-17-8-3-2-4-9-17)23-21(26)13-7-12-20-24-19-11-6-5-10-18(19)22(27)25-20/h2-6,8-11,16H,7,12-15H2,1H3,(H,23,26)(H,24,25,27). The Balaban J connectivity index is 1.43. The highest BCUT2D eigenvalue weighted by Gasteiger charge is 2.09. The first-order valence-electron chi connectivity index (χ1n) is 9.43. The van der Waals surface area contributed by atoms with Crippen LogP contribution in [0.3, 0.4) is 0 Å². The van der Waals surface area contributed by atoms with E-state index in [1.165, 1.54) is 5.56 Å². The zero-order valence-corrected chi connectivity index (χ0v) is 15.6. The highest BCUT2D eigenvalue weighted by atomic mass is 16.1. The van der Waals surface area contributed by atoms with E-state index in [4.69, 9.17) is 0 Å². The van der Waals surface area contributed by atoms with E-state index < -0.39 is 0 Å². The van der Waals surface area contributed by atoms with Crippen LogP contribution in [0.1, 0.15) is 37.6 Å². The van der Waals surface area contributed by atoms with Crippen molar-refractivity contribution in [1.82, 2.24) is 15.3 Å². The van der Waals surface area contributed by atoms with E-state index in [0.717, 1.165) is 12.8 Å². The van der Waals surface area contributed by atoms with Gasteiger partial charge in [0.25, 0.3) is 5.56 Å². The first-order valence-corrected chi connectivity index (χ1v) is 9.43. The van der Waals surface area contributed by atoms with E-state index in [-0.39, 0.29) is 17.5 Å². The topological polar surface area (TPSA) is 74.8 Å². The van der Waals surface area contributed by atoms with Crippen LogP contribution in [0, 0.1) is 0 Å². The molecular formula is C22H25N3O2. The number of amides is 1. The number of benzene rings is 2. The van der Waals surface area contributed by atoms with Crippen LogP contribution in [0.15, 0.2) is 59.4 Å². The van der Waals surface area contributed by atoms with E-state index in [1.807, 2.05) is 43.3 Å². The summed E-state index contributed by atoms with van der Waals surface area (Å²) in [4.78, 5) is 31.5. The van der Waals surface area contributed by atoms with Crippen LogP contribution < -0.4 is 10.9 Å². The smallest absolute Gasteiger partial charge is 0.258 e. The van der Waals surface area contributed by atoms with Crippen molar-refractivity contribution in [3.05, 3.63) is 76.3 Å². The molecule has 2 aromatic carbocycles. The second-order valence-corrected chi connectivity index (χ2v) is 6.88. The summed E-state index contributed by atoms with van der Waals surface area (Å²) < 4.78 is 0. The Bertz CT molecular complexity index is 950. The molecule has 3 rings (SSSR count). The zero-order valence-electron chi connectivity index (χ0n) is 15.6. The molecule has 1 heterocycles. The normalized spacial score (nSPS) is 12.0. The molecule has 0 saturated carbocycles. The van der Waals surface area contributed by atoms with Crippen molar-refractivity contribution in [2.45, 2.75) is 45.1 Å². The van der Waals surface area contributed by atoms with Gasteiger partial charge in [0.1, 0.15) is 5.82 Å². The number of hydrogen-bond donors (Lipinski definition) is 2. The summed E-state index contributed by atoms with van der Waals surface area (Å²) in [7, 11) is 0. The average Bonchev–Trinajstić information content (AvgIpc) is 2.67. The number of H-pyrrole nitrogens is 1. The molecule has 0 aliphatic rings. The molecule has 0 bridgehead atoms. The number of para-hydroxylation sites is 1. The van der Waals surface area contributed by atoms with Crippen LogP contribution in [0.25, 0.3) is 10.9 Å². The Morgan fingerprint density at radius 3 is 2.63 bits per heavy atom. The van der Waals surface area contributed by atoms with Crippen LogP contribution in [0.5, 0.6) is 0 Å². The summed E-state index contributed by atoms with van der Waals surface area (Å²) in [5.41, 5.74) is 1.84. The van der Waals surface area contributed by atoms with E-state index >= 15 is 0 Å². The minimum atomic E-state index is -0.130. The Labute approximate surface area is 158 Å². The van der Waals surface area contributed by atoms with Gasteiger partial charge in [-0.1, -0.05) is 42.5 Å². The maximum absolute atomic E-state index is 12.1. The second-order valence-electron chi connectivity index (χ2n) is 6.88. The van der Waals surface area contributed by atoms with Crippen molar-refractivity contribution >= 4 is 16.8 Å². The summed E-state index contributed by atoms with van der Waals surface area (Å²) >= 11 is 0. The van der Waals surface area contributed by atoms with Crippen LogP contribution in [-0.2, 0) is 17.6 Å². The summed E-state index contributed by atoms with van der Waals surface area (Å²) in [5.74, 6) is 0.669. The third kappa shape index (κ3) is 5.51. The largest absolute Gasteiger partial charge is 0.354 e. The SMILES string of the molecule is CC(CCc1ccccc1)NC(=O)CCCc1nc2ccccc2c(=O)[nH]1. The molecule has 0 spiro atoms. The number of carbonyl (C=O) groups is 1. The summed E-state index contributed by atoms with van der Waals surface area (Å²) in [6.45, 7) is 2.03. The van der Waals surface area contributed by atoms with Gasteiger partial charge in [-0.05, 0) is 43.9 Å². The number of carbonyl (C=O) groups excluding carboxylic acids is 1. The van der Waals surface area contributed by atoms with Gasteiger partial charge >= 0.3 is 0 Å². The molecule has 0 aliphatic carbocycles. The molecule has 5 heteroatoms. The van der Waals surface area contributed by atoms with E-state index in [2.05, 4.69) is 27.4 Å². The lowest BCUT2D eigenvalue weighted by Crippen LogP contribution is -2.32. The molecule has 140 valence electrons. The van der Waals surface area contributed by atoms with E-state index in [0.29, 0.717) is 36.0 Å². The summed E-state index contributed by atoms with van der Waals surface area (Å²) in [6, 6.07) is 17.7. The fourth-order valence-electron chi connectivity index (χ4n) is 3.12. The fraction of sp³-hybridized carbons (Fsp3) is 0.318. The summed E-state index contributed by atoms with van der Waals surface area (Å²) in [5, 5.41) is 3.64. The van der Waals surface area contributed by atoms with Crippen LogP contribution >= 0.6 is 0 Å². The molecule has 3 aromatic rings. The van der Waals surface area contributed by atoms with Gasteiger partial charge in [-0.2, -0.15) is 0 Å². The van der Waals surface area contributed by atoms with Crippen molar-refractivity contribution in [1.29, 1.82) is 0 Å². The highest BCUT2D eigenvalue weighted by molar-refractivity contribution is 5.77. The number of nitrogens with zero attached hydrogens (tertiary/aromatic N) is 1. The third-order valence-corrected chi connectivity index (χ3v) is 4.60. The Morgan fingerprint density at radius 2 is 1.81 bits per heavy atom. The quantitative estimate of drug-likeness (QED) is 0.644. The highest BCUT2D eigenvalue weighted by Crippen LogP contribution is 2.08. The van der Waals surface area contributed by atoms with Crippen molar-refractivity contribution in [3.63, 3.8) is 0 Å². The second kappa shape index (κ2) is 9.12. The molecule has 1 atom stereocenters. The monoisotopic (exact) mass is 363 g/mol. The van der Waals surface area contributed by atoms with Crippen LogP contribution in [0.2, 0.25) is 0 Å². The fourth-order valence-corrected chi connectivity index (χ4v) is 3.12. The van der Waals surface area contributed by atoms with Gasteiger partial charge in [0.15, 0.2) is 0 Å². The van der Waals surface area contributed by atoms with Crippen LogP contribution in [-0.4, -0.2) is 21.9 Å². The van der Waals surface area contributed by atoms with Gasteiger partial charge in [-0.3, -0.25) is 9.59 Å². The number of nitrogens with one attached hydrogen (secondary N) is 2. The first kappa shape index (κ1) is 18.8. The van der Waals surface area contributed by atoms with Gasteiger partial charge in [0.2, 0.25) is 5.91 Å². The van der Waals surface area contributed by atoms with Crippen molar-refractivity contribution in [2.24, 2.45) is 0 Å². The minimum absolute atomic E-state index is 0.0405. The Kier molecular flexibility index (Phi) is 6.36. The Hall–Kier alpha value is -2.95. The molecular weight excluding hydrogens is 338 g/mol. The third-order valence-electron chi connectivity index (χ3n) is 4.60. The lowest BCUT2D eigenvalue weighted by atomic mass is 10.1. The van der Waals surface area contributed by atoms with Crippen LogP contribution in [0.4, 0.5) is 0 Å². The number of fused-ring (bicyclic) bond motifs is 1. The van der Waals surface area contributed by atoms with Crippen molar-refractivity contribution < 1.29 is 4.79 Å². The van der Waals surface area contributed by atoms with Gasteiger partial charge in [-0.15, -0.1) is 0 Å². The van der Waals surface area contributed by atoms with Gasteiger partial charge in [-0.25, -0.2) is 4.98 Å². The molecule has 0 aliphatic heterocycles. The van der Waals surface area contributed by atoms with Gasteiger partial charge in [0.05, 0.1) is 10.9 Å². The molecule has 5 nitrogen and oxygen atoms in total. The number of hydrogen-bond acceptors (Lipinski definition) is 3. The maximum Gasteiger partial charge on any atom is 0.258 e. The predicted molar refractivity (Wildman–Crippen MR) is 108 cm³/mol. The number of aromatic nitrogens is 2. The molecule has 0 fully saturated rings. The van der Waals surface area contributed by atoms with Gasteiger partial charge in [0, 0.05) is 18.9 Å². The molecule has 1 aromatic heterocycles. The molecule has 0 radical (unpaired) electrons. The maximum atomic E-state index is 12.1. The zero-order chi connectivity index (χ0) is 19.1. The number of aromatic amines is 1. The molecule has 2 N–H and O–H groups in total. The van der Waals surface area contributed by atoms with E-state index in [9.17, 15) is 9.59 Å². The average molecular weight is 363 g/mol. The Morgan fingerprint density at radius 1 is 1.07 bits per heavy atom. The predicted octanol–water partition coefficient (Wildman–Crippen LogP) is 3.38. The first-order chi connectivity index (χ1) is 13.1. The lowest BCUT2D eigenvalue weighted by molar-refractivity contribution is -0.121. The molecule has 0 saturated heterocycles. The lowest BCUT2D eigenvalue weighted by Gasteiger charge is -2.14. The number of rotatable bonds is 8. The van der Waals surface area contributed by atoms with Gasteiger partial charge < -0.3 is 10.3 Å². The number of aryl methyl sites for hydroxylation is 2.